The first-order valence-electron chi connectivity index (χ1n) is 4.62. The lowest BCUT2D eigenvalue weighted by Crippen LogP contribution is -2.27. The predicted octanol–water partition coefficient (Wildman–Crippen LogP) is 1.28. The third kappa shape index (κ3) is 4.34. The fraction of sp³-hybridized carbons (Fsp3) is 0.889. The Balaban J connectivity index is 0.000000561. The third-order valence-electron chi connectivity index (χ3n) is 1.78. The van der Waals surface area contributed by atoms with Crippen molar-refractivity contribution in [2.45, 2.75) is 26.7 Å². The van der Waals surface area contributed by atoms with Crippen molar-refractivity contribution in [3.63, 3.8) is 0 Å². The van der Waals surface area contributed by atoms with Gasteiger partial charge in [-0.05, 0) is 25.9 Å². The van der Waals surface area contributed by atoms with Crippen molar-refractivity contribution < 1.29 is 9.53 Å². The van der Waals surface area contributed by atoms with Crippen LogP contribution in [0.15, 0.2) is 0 Å². The molecule has 1 rings (SSSR count). The van der Waals surface area contributed by atoms with Gasteiger partial charge < -0.3 is 4.74 Å². The van der Waals surface area contributed by atoms with Gasteiger partial charge in [0.25, 0.3) is 0 Å². The number of hydrogen-bond acceptors (Lipinski definition) is 3. The second-order valence-electron chi connectivity index (χ2n) is 2.56. The van der Waals surface area contributed by atoms with Gasteiger partial charge in [-0.25, -0.2) is 0 Å². The first-order valence-corrected chi connectivity index (χ1v) is 4.62. The Bertz CT molecular complexity index is 120. The topological polar surface area (TPSA) is 29.5 Å². The molecule has 0 radical (unpaired) electrons. The largest absolute Gasteiger partial charge is 0.468 e. The molecule has 0 saturated carbocycles. The second kappa shape index (κ2) is 7.10. The highest BCUT2D eigenvalue weighted by Gasteiger charge is 2.14. The van der Waals surface area contributed by atoms with Gasteiger partial charge in [-0.2, -0.15) is 0 Å². The van der Waals surface area contributed by atoms with Crippen LogP contribution in [0.2, 0.25) is 0 Å². The average Bonchev–Trinajstić information content (AvgIpc) is 2.60. The Kier molecular flexibility index (Phi) is 6.76. The van der Waals surface area contributed by atoms with Gasteiger partial charge in [0.15, 0.2) is 0 Å². The minimum absolute atomic E-state index is 0.123. The number of methoxy groups -OCH3 is 1. The van der Waals surface area contributed by atoms with E-state index in [9.17, 15) is 4.79 Å². The van der Waals surface area contributed by atoms with Crippen LogP contribution in [0.1, 0.15) is 26.7 Å². The summed E-state index contributed by atoms with van der Waals surface area (Å²) in [5.41, 5.74) is 0. The van der Waals surface area contributed by atoms with E-state index >= 15 is 0 Å². The number of nitrogens with zero attached hydrogens (tertiary/aromatic N) is 1. The fourth-order valence-electron chi connectivity index (χ4n) is 1.19. The highest BCUT2D eigenvalue weighted by atomic mass is 16.5. The first kappa shape index (κ1) is 11.4. The maximum Gasteiger partial charge on any atom is 0.319 e. The predicted molar refractivity (Wildman–Crippen MR) is 49.0 cm³/mol. The molecule has 0 atom stereocenters. The lowest BCUT2D eigenvalue weighted by atomic mass is 10.4. The third-order valence-corrected chi connectivity index (χ3v) is 1.78. The van der Waals surface area contributed by atoms with E-state index in [0.29, 0.717) is 6.54 Å². The molecular formula is C9H19NO2. The van der Waals surface area contributed by atoms with Crippen molar-refractivity contribution in [1.29, 1.82) is 0 Å². The minimum Gasteiger partial charge on any atom is -0.468 e. The summed E-state index contributed by atoms with van der Waals surface area (Å²) in [6.07, 6.45) is 2.44. The first-order chi connectivity index (χ1) is 5.83. The van der Waals surface area contributed by atoms with Gasteiger partial charge in [0, 0.05) is 0 Å². The Hall–Kier alpha value is -0.570. The monoisotopic (exact) mass is 173 g/mol. The fourth-order valence-corrected chi connectivity index (χ4v) is 1.19. The van der Waals surface area contributed by atoms with Crippen LogP contribution in [0.5, 0.6) is 0 Å². The van der Waals surface area contributed by atoms with E-state index in [1.54, 1.807) is 0 Å². The zero-order chi connectivity index (χ0) is 9.40. The maximum atomic E-state index is 10.7. The smallest absolute Gasteiger partial charge is 0.319 e. The number of ether oxygens (including phenoxy) is 1. The Morgan fingerprint density at radius 2 is 1.83 bits per heavy atom. The number of esters is 1. The molecule has 0 spiro atoms. The van der Waals surface area contributed by atoms with Crippen LogP contribution in [0.4, 0.5) is 0 Å². The summed E-state index contributed by atoms with van der Waals surface area (Å²) in [5, 5.41) is 0. The Morgan fingerprint density at radius 3 is 2.25 bits per heavy atom. The van der Waals surface area contributed by atoms with Crippen LogP contribution in [-0.4, -0.2) is 37.6 Å². The van der Waals surface area contributed by atoms with Gasteiger partial charge in [0.1, 0.15) is 0 Å². The van der Waals surface area contributed by atoms with E-state index in [1.165, 1.54) is 20.0 Å². The summed E-state index contributed by atoms with van der Waals surface area (Å²) in [7, 11) is 1.43. The summed E-state index contributed by atoms with van der Waals surface area (Å²) in [4.78, 5) is 12.8. The average molecular weight is 173 g/mol. The molecule has 1 aliphatic rings. The van der Waals surface area contributed by atoms with Crippen molar-refractivity contribution in [2.24, 2.45) is 0 Å². The molecule has 0 amide bonds. The molecule has 0 aromatic heterocycles. The van der Waals surface area contributed by atoms with Gasteiger partial charge in [0.2, 0.25) is 0 Å². The van der Waals surface area contributed by atoms with Crippen LogP contribution in [-0.2, 0) is 9.53 Å². The van der Waals surface area contributed by atoms with Crippen LogP contribution in [0.25, 0.3) is 0 Å². The quantitative estimate of drug-likeness (QED) is 0.589. The SMILES string of the molecule is CC.COC(=O)CN1CCCC1. The van der Waals surface area contributed by atoms with Gasteiger partial charge in [-0.3, -0.25) is 9.69 Å². The number of hydrogen-bond donors (Lipinski definition) is 0. The van der Waals surface area contributed by atoms with Gasteiger partial charge in [-0.1, -0.05) is 13.8 Å². The van der Waals surface area contributed by atoms with Crippen LogP contribution in [0.3, 0.4) is 0 Å². The van der Waals surface area contributed by atoms with E-state index in [1.807, 2.05) is 13.8 Å². The molecule has 3 nitrogen and oxygen atoms in total. The lowest BCUT2D eigenvalue weighted by Gasteiger charge is -2.11. The van der Waals surface area contributed by atoms with Gasteiger partial charge in [-0.15, -0.1) is 0 Å². The molecule has 1 fully saturated rings. The summed E-state index contributed by atoms with van der Waals surface area (Å²) in [6, 6.07) is 0. The molecule has 1 aliphatic heterocycles. The highest BCUT2D eigenvalue weighted by Crippen LogP contribution is 2.05. The van der Waals surface area contributed by atoms with Gasteiger partial charge in [0.05, 0.1) is 13.7 Å². The van der Waals surface area contributed by atoms with Gasteiger partial charge >= 0.3 is 5.97 Å². The van der Waals surface area contributed by atoms with Crippen molar-refractivity contribution in [1.82, 2.24) is 4.90 Å². The van der Waals surface area contributed by atoms with Crippen LogP contribution >= 0.6 is 0 Å². The number of carbonyl (C=O) groups is 1. The lowest BCUT2D eigenvalue weighted by molar-refractivity contribution is -0.141. The molecule has 72 valence electrons. The Morgan fingerprint density at radius 1 is 1.33 bits per heavy atom. The zero-order valence-corrected chi connectivity index (χ0v) is 8.30. The molecule has 3 heteroatoms. The molecule has 0 unspecified atom stereocenters. The highest BCUT2D eigenvalue weighted by molar-refractivity contribution is 5.71. The zero-order valence-electron chi connectivity index (χ0n) is 8.30. The van der Waals surface area contributed by atoms with E-state index in [4.69, 9.17) is 0 Å². The van der Waals surface area contributed by atoms with Crippen molar-refractivity contribution in [2.75, 3.05) is 26.7 Å². The van der Waals surface area contributed by atoms with E-state index in [-0.39, 0.29) is 5.97 Å². The summed E-state index contributed by atoms with van der Waals surface area (Å²) in [5.74, 6) is -0.123. The van der Waals surface area contributed by atoms with Crippen LogP contribution in [0, 0.1) is 0 Å². The van der Waals surface area contributed by atoms with Crippen LogP contribution < -0.4 is 0 Å². The second-order valence-corrected chi connectivity index (χ2v) is 2.56. The number of rotatable bonds is 2. The van der Waals surface area contributed by atoms with Crippen molar-refractivity contribution >= 4 is 5.97 Å². The number of carbonyl (C=O) groups excluding carboxylic acids is 1. The standard InChI is InChI=1S/C7H13NO2.C2H6/c1-10-7(9)6-8-4-2-3-5-8;1-2/h2-6H2,1H3;1-2H3. The summed E-state index contributed by atoms with van der Waals surface area (Å²) in [6.45, 7) is 6.57. The Labute approximate surface area is 74.7 Å². The molecule has 1 heterocycles. The van der Waals surface area contributed by atoms with Crippen molar-refractivity contribution in [3.05, 3.63) is 0 Å². The molecule has 0 aliphatic carbocycles. The van der Waals surface area contributed by atoms with E-state index < -0.39 is 0 Å². The molecule has 0 N–H and O–H groups in total. The minimum atomic E-state index is -0.123. The summed E-state index contributed by atoms with van der Waals surface area (Å²) >= 11 is 0. The van der Waals surface area contributed by atoms with Crippen molar-refractivity contribution in [3.8, 4) is 0 Å². The molecule has 0 aromatic rings. The van der Waals surface area contributed by atoms with E-state index in [2.05, 4.69) is 9.64 Å². The molecule has 1 saturated heterocycles. The summed E-state index contributed by atoms with van der Waals surface area (Å²) < 4.78 is 4.53. The molecule has 0 bridgehead atoms. The molecule has 0 aromatic carbocycles. The molecular weight excluding hydrogens is 154 g/mol. The normalized spacial score (nSPS) is 16.6. The number of likely N-dealkylation sites (tertiary alicyclic amines) is 1. The van der Waals surface area contributed by atoms with E-state index in [0.717, 1.165) is 13.1 Å². The molecule has 12 heavy (non-hydrogen) atoms. The maximum absolute atomic E-state index is 10.7.